The van der Waals surface area contributed by atoms with Gasteiger partial charge >= 0.3 is 0 Å². The Bertz CT molecular complexity index is 772. The second-order valence-electron chi connectivity index (χ2n) is 4.57. The van der Waals surface area contributed by atoms with Gasteiger partial charge in [-0.2, -0.15) is 0 Å². The fraction of sp³-hybridized carbons (Fsp3) is 0.200. The lowest BCUT2D eigenvalue weighted by Gasteiger charge is -2.03. The summed E-state index contributed by atoms with van der Waals surface area (Å²) in [5.74, 6) is -0.119. The van der Waals surface area contributed by atoms with Crippen LogP contribution in [0.3, 0.4) is 0 Å². The summed E-state index contributed by atoms with van der Waals surface area (Å²) in [5, 5.41) is 4.48. The molecule has 5 heteroatoms. The lowest BCUT2D eigenvalue weighted by molar-refractivity contribution is 0.102. The van der Waals surface area contributed by atoms with Gasteiger partial charge in [0.2, 0.25) is 0 Å². The second-order valence-corrected chi connectivity index (χ2v) is 5.78. The Balaban J connectivity index is 1.91. The van der Waals surface area contributed by atoms with Crippen LogP contribution in [0.25, 0.3) is 10.9 Å². The van der Waals surface area contributed by atoms with Crippen LogP contribution in [0, 0.1) is 6.92 Å². The van der Waals surface area contributed by atoms with Crippen molar-refractivity contribution in [2.45, 2.75) is 20.3 Å². The van der Waals surface area contributed by atoms with E-state index >= 15 is 0 Å². The Morgan fingerprint density at radius 3 is 3.00 bits per heavy atom. The first-order chi connectivity index (χ1) is 9.69. The number of aromatic nitrogens is 2. The molecule has 0 saturated heterocycles. The van der Waals surface area contributed by atoms with Crippen LogP contribution < -0.4 is 5.32 Å². The van der Waals surface area contributed by atoms with E-state index in [0.717, 1.165) is 27.9 Å². The Morgan fingerprint density at radius 2 is 2.25 bits per heavy atom. The molecule has 0 fully saturated rings. The molecule has 2 heterocycles. The SMILES string of the molecule is CCc1nc(NC(=O)c2cccc3[nH]ccc23)sc1C. The largest absolute Gasteiger partial charge is 0.361 e. The number of aryl methyl sites for hydroxylation is 2. The molecule has 0 saturated carbocycles. The van der Waals surface area contributed by atoms with Gasteiger partial charge < -0.3 is 4.98 Å². The van der Waals surface area contributed by atoms with Crippen molar-refractivity contribution in [2.75, 3.05) is 5.32 Å². The number of H-pyrrole nitrogens is 1. The van der Waals surface area contributed by atoms with E-state index < -0.39 is 0 Å². The molecule has 0 unspecified atom stereocenters. The van der Waals surface area contributed by atoms with Crippen LogP contribution in [0.2, 0.25) is 0 Å². The molecule has 0 aliphatic rings. The molecule has 0 atom stereocenters. The van der Waals surface area contributed by atoms with Gasteiger partial charge in [0, 0.05) is 27.5 Å². The minimum absolute atomic E-state index is 0.119. The number of aromatic amines is 1. The molecule has 3 aromatic rings. The molecule has 4 nitrogen and oxygen atoms in total. The number of carbonyl (C=O) groups is 1. The maximum Gasteiger partial charge on any atom is 0.258 e. The molecule has 2 aromatic heterocycles. The molecule has 3 rings (SSSR count). The van der Waals surface area contributed by atoms with Crippen molar-refractivity contribution in [2.24, 2.45) is 0 Å². The molecule has 0 bridgehead atoms. The third kappa shape index (κ3) is 2.20. The Hall–Kier alpha value is -2.14. The average Bonchev–Trinajstić information content (AvgIpc) is 3.04. The van der Waals surface area contributed by atoms with Crippen molar-refractivity contribution in [3.05, 3.63) is 46.6 Å². The Labute approximate surface area is 120 Å². The van der Waals surface area contributed by atoms with E-state index in [2.05, 4.69) is 22.2 Å². The summed E-state index contributed by atoms with van der Waals surface area (Å²) in [4.78, 5) is 21.1. The molecule has 20 heavy (non-hydrogen) atoms. The number of fused-ring (bicyclic) bond motifs is 1. The van der Waals surface area contributed by atoms with Crippen LogP contribution in [0.15, 0.2) is 30.5 Å². The minimum atomic E-state index is -0.119. The van der Waals surface area contributed by atoms with Gasteiger partial charge in [-0.25, -0.2) is 4.98 Å². The Kier molecular flexibility index (Phi) is 3.28. The maximum atomic E-state index is 12.4. The van der Waals surface area contributed by atoms with Crippen molar-refractivity contribution in [3.8, 4) is 0 Å². The zero-order chi connectivity index (χ0) is 14.1. The van der Waals surface area contributed by atoms with Crippen molar-refractivity contribution < 1.29 is 4.79 Å². The van der Waals surface area contributed by atoms with Crippen molar-refractivity contribution in [1.29, 1.82) is 0 Å². The maximum absolute atomic E-state index is 12.4. The standard InChI is InChI=1S/C15H15N3OS/c1-3-12-9(2)20-15(17-12)18-14(19)11-5-4-6-13-10(11)7-8-16-13/h4-8,16H,3H2,1-2H3,(H,17,18,19). The monoisotopic (exact) mass is 285 g/mol. The number of thiazole rings is 1. The highest BCUT2D eigenvalue weighted by molar-refractivity contribution is 7.15. The van der Waals surface area contributed by atoms with E-state index in [1.807, 2.05) is 37.4 Å². The number of carbonyl (C=O) groups excluding carboxylic acids is 1. The predicted octanol–water partition coefficient (Wildman–Crippen LogP) is 3.75. The van der Waals surface area contributed by atoms with Crippen LogP contribution in [-0.2, 0) is 6.42 Å². The second kappa shape index (κ2) is 5.09. The average molecular weight is 285 g/mol. The van der Waals surface area contributed by atoms with Gasteiger partial charge in [0.05, 0.1) is 5.69 Å². The summed E-state index contributed by atoms with van der Waals surface area (Å²) in [7, 11) is 0. The van der Waals surface area contributed by atoms with Crippen molar-refractivity contribution in [3.63, 3.8) is 0 Å². The first-order valence-corrected chi connectivity index (χ1v) is 7.34. The summed E-state index contributed by atoms with van der Waals surface area (Å²) in [6.45, 7) is 4.09. The fourth-order valence-corrected chi connectivity index (χ4v) is 3.15. The fourth-order valence-electron chi connectivity index (χ4n) is 2.26. The number of nitrogens with zero attached hydrogens (tertiary/aromatic N) is 1. The molecule has 0 radical (unpaired) electrons. The van der Waals surface area contributed by atoms with E-state index in [4.69, 9.17) is 0 Å². The van der Waals surface area contributed by atoms with Crippen molar-refractivity contribution in [1.82, 2.24) is 9.97 Å². The first-order valence-electron chi connectivity index (χ1n) is 6.52. The van der Waals surface area contributed by atoms with Gasteiger partial charge in [-0.05, 0) is 31.5 Å². The molecule has 102 valence electrons. The van der Waals surface area contributed by atoms with Crippen LogP contribution in [-0.4, -0.2) is 15.9 Å². The molecule has 0 spiro atoms. The third-order valence-corrected chi connectivity index (χ3v) is 4.22. The summed E-state index contributed by atoms with van der Waals surface area (Å²) < 4.78 is 0. The van der Waals surface area contributed by atoms with Gasteiger partial charge in [-0.15, -0.1) is 11.3 Å². The quantitative estimate of drug-likeness (QED) is 0.770. The van der Waals surface area contributed by atoms with Gasteiger partial charge in [0.1, 0.15) is 0 Å². The number of amides is 1. The van der Waals surface area contributed by atoms with Crippen LogP contribution in [0.5, 0.6) is 0 Å². The zero-order valence-electron chi connectivity index (χ0n) is 11.4. The summed E-state index contributed by atoms with van der Waals surface area (Å²) in [5.41, 5.74) is 2.67. The molecule has 0 aliphatic heterocycles. The number of benzene rings is 1. The first kappa shape index (κ1) is 12.9. The van der Waals surface area contributed by atoms with E-state index in [-0.39, 0.29) is 5.91 Å². The highest BCUT2D eigenvalue weighted by Gasteiger charge is 2.13. The number of hydrogen-bond acceptors (Lipinski definition) is 3. The third-order valence-electron chi connectivity index (χ3n) is 3.29. The van der Waals surface area contributed by atoms with Gasteiger partial charge in [0.15, 0.2) is 5.13 Å². The summed E-state index contributed by atoms with van der Waals surface area (Å²) >= 11 is 1.52. The van der Waals surface area contributed by atoms with E-state index in [9.17, 15) is 4.79 Å². The highest BCUT2D eigenvalue weighted by atomic mass is 32.1. The van der Waals surface area contributed by atoms with E-state index in [1.54, 1.807) is 0 Å². The lowest BCUT2D eigenvalue weighted by atomic mass is 10.1. The summed E-state index contributed by atoms with van der Waals surface area (Å²) in [6, 6.07) is 7.56. The number of anilines is 1. The number of nitrogens with one attached hydrogen (secondary N) is 2. The minimum Gasteiger partial charge on any atom is -0.361 e. The Morgan fingerprint density at radius 1 is 1.40 bits per heavy atom. The zero-order valence-corrected chi connectivity index (χ0v) is 12.2. The lowest BCUT2D eigenvalue weighted by Crippen LogP contribution is -2.12. The van der Waals surface area contributed by atoms with Crippen molar-refractivity contribution >= 4 is 33.3 Å². The van der Waals surface area contributed by atoms with Gasteiger partial charge in [-0.3, -0.25) is 10.1 Å². The number of rotatable bonds is 3. The van der Waals surface area contributed by atoms with Crippen LogP contribution >= 0.6 is 11.3 Å². The highest BCUT2D eigenvalue weighted by Crippen LogP contribution is 2.24. The topological polar surface area (TPSA) is 57.8 Å². The van der Waals surface area contributed by atoms with E-state index in [0.29, 0.717) is 10.7 Å². The normalized spacial score (nSPS) is 10.9. The molecule has 1 aromatic carbocycles. The van der Waals surface area contributed by atoms with Gasteiger partial charge in [0.25, 0.3) is 5.91 Å². The van der Waals surface area contributed by atoms with Gasteiger partial charge in [-0.1, -0.05) is 13.0 Å². The molecule has 0 aliphatic carbocycles. The van der Waals surface area contributed by atoms with E-state index in [1.165, 1.54) is 11.3 Å². The van der Waals surface area contributed by atoms with Crippen LogP contribution in [0.1, 0.15) is 27.9 Å². The molecular weight excluding hydrogens is 270 g/mol. The smallest absolute Gasteiger partial charge is 0.258 e. The molecule has 2 N–H and O–H groups in total. The van der Waals surface area contributed by atoms with Crippen LogP contribution in [0.4, 0.5) is 5.13 Å². The summed E-state index contributed by atoms with van der Waals surface area (Å²) in [6.07, 6.45) is 2.72. The molecular formula is C15H15N3OS. The molecule has 1 amide bonds. The predicted molar refractivity (Wildman–Crippen MR) is 82.5 cm³/mol. The number of hydrogen-bond donors (Lipinski definition) is 2.